The van der Waals surface area contributed by atoms with Gasteiger partial charge in [0, 0.05) is 36.7 Å². The fourth-order valence-corrected chi connectivity index (χ4v) is 6.64. The second-order valence-electron chi connectivity index (χ2n) is 9.91. The van der Waals surface area contributed by atoms with Crippen molar-refractivity contribution < 1.29 is 32.5 Å². The molecular formula is C27H29ClF3N3O4S. The van der Waals surface area contributed by atoms with Gasteiger partial charge in [-0.15, -0.1) is 0 Å². The molecule has 0 saturated carbocycles. The number of morpholine rings is 1. The van der Waals surface area contributed by atoms with Gasteiger partial charge < -0.3 is 19.5 Å². The Bertz CT molecular complexity index is 1320. The molecule has 7 nitrogen and oxygen atoms in total. The highest BCUT2D eigenvalue weighted by molar-refractivity contribution is 7.22. The van der Waals surface area contributed by atoms with Crippen LogP contribution in [0.5, 0.6) is 5.75 Å². The van der Waals surface area contributed by atoms with Crippen LogP contribution >= 0.6 is 22.9 Å². The van der Waals surface area contributed by atoms with Gasteiger partial charge in [0.15, 0.2) is 5.13 Å². The normalized spacial score (nSPS) is 18.4. The molecule has 2 aliphatic rings. The van der Waals surface area contributed by atoms with Gasteiger partial charge in [0.25, 0.3) is 0 Å². The van der Waals surface area contributed by atoms with E-state index in [0.29, 0.717) is 46.4 Å². The summed E-state index contributed by atoms with van der Waals surface area (Å²) in [6.45, 7) is 4.89. The van der Waals surface area contributed by atoms with E-state index in [2.05, 4.69) is 14.8 Å². The Labute approximate surface area is 233 Å². The topological polar surface area (TPSA) is 75.1 Å². The van der Waals surface area contributed by atoms with Crippen molar-refractivity contribution in [2.24, 2.45) is 0 Å². The number of aliphatic carboxylic acids is 1. The molecule has 0 amide bonds. The van der Waals surface area contributed by atoms with E-state index in [-0.39, 0.29) is 12.0 Å². The van der Waals surface area contributed by atoms with E-state index in [1.54, 1.807) is 18.2 Å². The maximum atomic E-state index is 13.2. The molecule has 39 heavy (non-hydrogen) atoms. The molecule has 0 unspecified atom stereocenters. The zero-order valence-electron chi connectivity index (χ0n) is 21.2. The van der Waals surface area contributed by atoms with E-state index < -0.39 is 17.7 Å². The average Bonchev–Trinajstić information content (AvgIpc) is 3.34. The monoisotopic (exact) mass is 583 g/mol. The van der Waals surface area contributed by atoms with E-state index in [9.17, 15) is 18.0 Å². The molecule has 3 heterocycles. The first-order valence-electron chi connectivity index (χ1n) is 12.8. The molecule has 0 atom stereocenters. The van der Waals surface area contributed by atoms with Crippen LogP contribution in [-0.4, -0.2) is 72.5 Å². The van der Waals surface area contributed by atoms with Crippen molar-refractivity contribution in [3.8, 4) is 5.75 Å². The molecule has 0 spiro atoms. The number of fused-ring (bicyclic) bond motifs is 1. The molecule has 12 heteroatoms. The minimum atomic E-state index is -4.38. The number of anilines is 1. The molecule has 2 fully saturated rings. The first-order chi connectivity index (χ1) is 18.6. The SMILES string of the molecule is O=C(O)Cc1cc(OCCC2(N3CCOCC3)CCN(c3nc4ccc(C(F)(F)F)cc4s3)CC2)ccc1Cl. The summed E-state index contributed by atoms with van der Waals surface area (Å²) in [5.74, 6) is -0.376. The fraction of sp³-hybridized carbons (Fsp3) is 0.481. The Balaban J connectivity index is 1.27. The third kappa shape index (κ3) is 6.42. The minimum absolute atomic E-state index is 0.114. The van der Waals surface area contributed by atoms with Crippen molar-refractivity contribution in [2.45, 2.75) is 37.4 Å². The largest absolute Gasteiger partial charge is 0.494 e. The summed E-state index contributed by atoms with van der Waals surface area (Å²) in [6, 6.07) is 8.77. The lowest BCUT2D eigenvalue weighted by Crippen LogP contribution is -2.59. The van der Waals surface area contributed by atoms with E-state index in [4.69, 9.17) is 26.2 Å². The van der Waals surface area contributed by atoms with Crippen LogP contribution < -0.4 is 9.64 Å². The van der Waals surface area contributed by atoms with E-state index in [1.165, 1.54) is 23.5 Å². The second kappa shape index (κ2) is 11.5. The molecule has 3 aromatic rings. The Kier molecular flexibility index (Phi) is 8.23. The van der Waals surface area contributed by atoms with Gasteiger partial charge in [-0.3, -0.25) is 9.69 Å². The van der Waals surface area contributed by atoms with Crippen molar-refractivity contribution >= 4 is 44.3 Å². The molecule has 2 aromatic carbocycles. The van der Waals surface area contributed by atoms with Gasteiger partial charge >= 0.3 is 12.1 Å². The van der Waals surface area contributed by atoms with Gasteiger partial charge in [-0.2, -0.15) is 13.2 Å². The smallest absolute Gasteiger partial charge is 0.416 e. The third-order valence-electron chi connectivity index (χ3n) is 7.55. The Hall–Kier alpha value is -2.60. The average molecular weight is 584 g/mol. The molecule has 2 saturated heterocycles. The summed E-state index contributed by atoms with van der Waals surface area (Å²) in [5.41, 5.74) is 0.310. The van der Waals surface area contributed by atoms with E-state index in [0.717, 1.165) is 56.6 Å². The summed E-state index contributed by atoms with van der Waals surface area (Å²) in [7, 11) is 0. The maximum Gasteiger partial charge on any atom is 0.416 e. The van der Waals surface area contributed by atoms with Gasteiger partial charge in [-0.1, -0.05) is 22.9 Å². The van der Waals surface area contributed by atoms with Crippen LogP contribution in [0.3, 0.4) is 0 Å². The number of carboxylic acid groups (broad SMARTS) is 1. The number of carbonyl (C=O) groups is 1. The molecule has 1 N–H and O–H groups in total. The zero-order valence-corrected chi connectivity index (χ0v) is 22.7. The molecular weight excluding hydrogens is 555 g/mol. The number of alkyl halides is 3. The van der Waals surface area contributed by atoms with Crippen molar-refractivity contribution in [1.29, 1.82) is 0 Å². The highest BCUT2D eigenvalue weighted by Crippen LogP contribution is 2.39. The van der Waals surface area contributed by atoms with Crippen LogP contribution in [0, 0.1) is 0 Å². The molecule has 2 aliphatic heterocycles. The number of halogens is 4. The predicted octanol–water partition coefficient (Wildman–Crippen LogP) is 5.74. The maximum absolute atomic E-state index is 13.2. The molecule has 5 rings (SSSR count). The van der Waals surface area contributed by atoms with Crippen LogP contribution in [0.4, 0.5) is 18.3 Å². The first kappa shape index (κ1) is 27.9. The highest BCUT2D eigenvalue weighted by atomic mass is 35.5. The summed E-state index contributed by atoms with van der Waals surface area (Å²) in [4.78, 5) is 20.4. The Morgan fingerprint density at radius 3 is 2.56 bits per heavy atom. The van der Waals surface area contributed by atoms with Crippen LogP contribution in [0.2, 0.25) is 5.02 Å². The standard InChI is InChI=1S/C27H29ClF3N3O4S/c28-21-3-2-20(15-18(21)16-24(35)36)38-12-7-26(34-10-13-37-14-11-34)5-8-33(9-6-26)25-32-22-4-1-19(27(29,30)31)17-23(22)39-25/h1-4,15,17H,5-14,16H2,(H,35,36). The zero-order chi connectivity index (χ0) is 27.6. The molecule has 210 valence electrons. The lowest BCUT2D eigenvalue weighted by Gasteiger charge is -2.50. The molecule has 0 aliphatic carbocycles. The summed E-state index contributed by atoms with van der Waals surface area (Å²) < 4.78 is 51.7. The van der Waals surface area contributed by atoms with Crippen molar-refractivity contribution in [3.05, 3.63) is 52.5 Å². The Morgan fingerprint density at radius 1 is 1.13 bits per heavy atom. The van der Waals surface area contributed by atoms with Gasteiger partial charge in [0.1, 0.15) is 5.75 Å². The van der Waals surface area contributed by atoms with Gasteiger partial charge in [-0.05, 0) is 61.2 Å². The number of hydrogen-bond acceptors (Lipinski definition) is 7. The fourth-order valence-electron chi connectivity index (χ4n) is 5.40. The second-order valence-corrected chi connectivity index (χ2v) is 11.3. The number of carboxylic acids is 1. The van der Waals surface area contributed by atoms with Crippen molar-refractivity contribution in [2.75, 3.05) is 50.9 Å². The number of nitrogens with zero attached hydrogens (tertiary/aromatic N) is 3. The number of hydrogen-bond donors (Lipinski definition) is 1. The number of piperidine rings is 1. The number of aromatic nitrogens is 1. The number of ether oxygens (including phenoxy) is 2. The number of benzene rings is 2. The lowest BCUT2D eigenvalue weighted by molar-refractivity contribution is -0.138. The number of rotatable bonds is 8. The lowest BCUT2D eigenvalue weighted by atomic mass is 9.82. The molecule has 0 bridgehead atoms. The van der Waals surface area contributed by atoms with E-state index in [1.807, 2.05) is 0 Å². The molecule has 1 aromatic heterocycles. The Morgan fingerprint density at radius 2 is 1.87 bits per heavy atom. The van der Waals surface area contributed by atoms with Crippen LogP contribution in [0.15, 0.2) is 36.4 Å². The van der Waals surface area contributed by atoms with Crippen LogP contribution in [-0.2, 0) is 22.1 Å². The predicted molar refractivity (Wildman–Crippen MR) is 144 cm³/mol. The van der Waals surface area contributed by atoms with Crippen molar-refractivity contribution in [3.63, 3.8) is 0 Å². The number of thiazole rings is 1. The van der Waals surface area contributed by atoms with Gasteiger partial charge in [-0.25, -0.2) is 4.98 Å². The van der Waals surface area contributed by atoms with Gasteiger partial charge in [0.2, 0.25) is 0 Å². The van der Waals surface area contributed by atoms with Crippen LogP contribution in [0.25, 0.3) is 10.2 Å². The van der Waals surface area contributed by atoms with Crippen LogP contribution in [0.1, 0.15) is 30.4 Å². The summed E-state index contributed by atoms with van der Waals surface area (Å²) >= 11 is 7.44. The highest BCUT2D eigenvalue weighted by Gasteiger charge is 2.41. The van der Waals surface area contributed by atoms with Crippen molar-refractivity contribution in [1.82, 2.24) is 9.88 Å². The first-order valence-corrected chi connectivity index (χ1v) is 14.0. The summed E-state index contributed by atoms with van der Waals surface area (Å²) in [6.07, 6.45) is -2.08. The summed E-state index contributed by atoms with van der Waals surface area (Å²) in [5, 5.41) is 10.3. The van der Waals surface area contributed by atoms with E-state index >= 15 is 0 Å². The quantitative estimate of drug-likeness (QED) is 0.363. The van der Waals surface area contributed by atoms with Gasteiger partial charge in [0.05, 0.1) is 42.0 Å². The third-order valence-corrected chi connectivity index (χ3v) is 8.99. The molecule has 0 radical (unpaired) electrons. The minimum Gasteiger partial charge on any atom is -0.494 e.